The molecule has 4 nitrogen and oxygen atoms in total. The standard InChI is InChI=1S/C16H14F4N2O2/c1-24-15(17,16(18,19)20)14(23)22-13-9-5-8-12(10-13)21-11-6-3-2-4-7-11/h2-10,21H,1H3,(H,22,23). The van der Waals surface area contributed by atoms with Crippen molar-refractivity contribution in [1.82, 2.24) is 0 Å². The molecule has 1 amide bonds. The highest BCUT2D eigenvalue weighted by Crippen LogP contribution is 2.35. The molecule has 0 heterocycles. The number of ether oxygens (including phenoxy) is 1. The number of hydrogen-bond donors (Lipinski definition) is 2. The number of methoxy groups -OCH3 is 1. The molecule has 0 fully saturated rings. The van der Waals surface area contributed by atoms with Crippen LogP contribution >= 0.6 is 0 Å². The quantitative estimate of drug-likeness (QED) is 0.799. The Labute approximate surface area is 135 Å². The first kappa shape index (κ1) is 17.7. The predicted molar refractivity (Wildman–Crippen MR) is 81.7 cm³/mol. The van der Waals surface area contributed by atoms with E-state index in [0.29, 0.717) is 12.8 Å². The Morgan fingerprint density at radius 1 is 0.917 bits per heavy atom. The number of benzene rings is 2. The topological polar surface area (TPSA) is 50.4 Å². The van der Waals surface area contributed by atoms with Gasteiger partial charge in [-0.3, -0.25) is 4.79 Å². The number of alkyl halides is 4. The minimum Gasteiger partial charge on any atom is -0.355 e. The van der Waals surface area contributed by atoms with Crippen molar-refractivity contribution in [3.05, 3.63) is 54.6 Å². The van der Waals surface area contributed by atoms with Gasteiger partial charge in [0.25, 0.3) is 5.91 Å². The molecule has 2 aromatic rings. The highest BCUT2D eigenvalue weighted by molar-refractivity contribution is 5.97. The second-order valence-corrected chi connectivity index (χ2v) is 4.82. The van der Waals surface area contributed by atoms with Crippen LogP contribution in [-0.4, -0.2) is 25.0 Å². The number of carbonyl (C=O) groups is 1. The third kappa shape index (κ3) is 3.83. The third-order valence-corrected chi connectivity index (χ3v) is 3.12. The SMILES string of the molecule is COC(F)(C(=O)Nc1cccc(Nc2ccccc2)c1)C(F)(F)F. The zero-order chi connectivity index (χ0) is 17.8. The van der Waals surface area contributed by atoms with Gasteiger partial charge in [-0.15, -0.1) is 0 Å². The summed E-state index contributed by atoms with van der Waals surface area (Å²) >= 11 is 0. The number of rotatable bonds is 5. The molecule has 2 rings (SSSR count). The summed E-state index contributed by atoms with van der Waals surface area (Å²) in [5.74, 6) is -6.37. The maximum atomic E-state index is 13.8. The van der Waals surface area contributed by atoms with E-state index in [4.69, 9.17) is 0 Å². The lowest BCUT2D eigenvalue weighted by Gasteiger charge is -2.24. The average Bonchev–Trinajstić information content (AvgIpc) is 2.54. The largest absolute Gasteiger partial charge is 0.458 e. The second-order valence-electron chi connectivity index (χ2n) is 4.82. The van der Waals surface area contributed by atoms with Gasteiger partial charge in [-0.05, 0) is 30.3 Å². The maximum Gasteiger partial charge on any atom is 0.458 e. The lowest BCUT2D eigenvalue weighted by Crippen LogP contribution is -2.52. The summed E-state index contributed by atoms with van der Waals surface area (Å²) in [7, 11) is 0.473. The Balaban J connectivity index is 2.16. The van der Waals surface area contributed by atoms with Crippen molar-refractivity contribution in [3.63, 3.8) is 0 Å². The Morgan fingerprint density at radius 3 is 2.08 bits per heavy atom. The van der Waals surface area contributed by atoms with Crippen LogP contribution in [0.4, 0.5) is 34.6 Å². The molecular formula is C16H14F4N2O2. The van der Waals surface area contributed by atoms with Crippen LogP contribution in [0.5, 0.6) is 0 Å². The van der Waals surface area contributed by atoms with Crippen LogP contribution in [0.15, 0.2) is 54.6 Å². The summed E-state index contributed by atoms with van der Waals surface area (Å²) in [5, 5.41) is 4.87. The van der Waals surface area contributed by atoms with Crippen molar-refractivity contribution < 1.29 is 27.1 Å². The van der Waals surface area contributed by atoms with Crippen LogP contribution < -0.4 is 10.6 Å². The lowest BCUT2D eigenvalue weighted by atomic mass is 10.2. The van der Waals surface area contributed by atoms with E-state index in [-0.39, 0.29) is 5.69 Å². The van der Waals surface area contributed by atoms with Crippen LogP contribution in [0.2, 0.25) is 0 Å². The van der Waals surface area contributed by atoms with E-state index in [1.807, 2.05) is 11.4 Å². The van der Waals surface area contributed by atoms with Gasteiger partial charge in [0.15, 0.2) is 0 Å². The molecule has 2 N–H and O–H groups in total. The van der Waals surface area contributed by atoms with E-state index in [2.05, 4.69) is 10.1 Å². The number of anilines is 3. The molecule has 8 heteroatoms. The fraction of sp³-hybridized carbons (Fsp3) is 0.188. The molecule has 128 valence electrons. The predicted octanol–water partition coefficient (Wildman–Crippen LogP) is 4.24. The van der Waals surface area contributed by atoms with Gasteiger partial charge in [0.1, 0.15) is 0 Å². The van der Waals surface area contributed by atoms with Gasteiger partial charge in [0.05, 0.1) is 0 Å². The van der Waals surface area contributed by atoms with Gasteiger partial charge in [-0.2, -0.15) is 17.6 Å². The van der Waals surface area contributed by atoms with Gasteiger partial charge in [0, 0.05) is 24.2 Å². The van der Waals surface area contributed by atoms with Gasteiger partial charge < -0.3 is 15.4 Å². The molecule has 0 aliphatic rings. The third-order valence-electron chi connectivity index (χ3n) is 3.12. The molecule has 1 unspecified atom stereocenters. The zero-order valence-electron chi connectivity index (χ0n) is 12.5. The number of hydrogen-bond acceptors (Lipinski definition) is 3. The number of amides is 1. The Bertz CT molecular complexity index is 707. The molecule has 0 aliphatic carbocycles. The summed E-state index contributed by atoms with van der Waals surface area (Å²) in [5.41, 5.74) is 1.24. The van der Waals surface area contributed by atoms with Gasteiger partial charge in [-0.25, -0.2) is 0 Å². The second kappa shape index (κ2) is 6.88. The van der Waals surface area contributed by atoms with Gasteiger partial charge in [0.2, 0.25) is 0 Å². The minimum absolute atomic E-state index is 0.00995. The first-order valence-electron chi connectivity index (χ1n) is 6.80. The van der Waals surface area contributed by atoms with Crippen molar-refractivity contribution in [2.45, 2.75) is 12.0 Å². The fourth-order valence-electron chi connectivity index (χ4n) is 1.91. The molecule has 24 heavy (non-hydrogen) atoms. The highest BCUT2D eigenvalue weighted by atomic mass is 19.4. The van der Waals surface area contributed by atoms with Crippen LogP contribution in [0.1, 0.15) is 0 Å². The lowest BCUT2D eigenvalue weighted by molar-refractivity contribution is -0.305. The number of halogens is 4. The molecule has 0 aliphatic heterocycles. The highest BCUT2D eigenvalue weighted by Gasteiger charge is 2.63. The van der Waals surface area contributed by atoms with Gasteiger partial charge in [-0.1, -0.05) is 24.3 Å². The summed E-state index contributed by atoms with van der Waals surface area (Å²) in [6.07, 6.45) is -5.49. The van der Waals surface area contributed by atoms with Crippen molar-refractivity contribution in [2.75, 3.05) is 17.7 Å². The minimum atomic E-state index is -5.49. The van der Waals surface area contributed by atoms with E-state index in [0.717, 1.165) is 5.69 Å². The summed E-state index contributed by atoms with van der Waals surface area (Å²) in [6.45, 7) is 0. The first-order chi connectivity index (χ1) is 11.3. The first-order valence-corrected chi connectivity index (χ1v) is 6.80. The zero-order valence-corrected chi connectivity index (χ0v) is 12.5. The van der Waals surface area contributed by atoms with E-state index >= 15 is 0 Å². The van der Waals surface area contributed by atoms with Crippen molar-refractivity contribution in [2.24, 2.45) is 0 Å². The molecule has 0 bridgehead atoms. The maximum absolute atomic E-state index is 13.8. The van der Waals surface area contributed by atoms with Gasteiger partial charge >= 0.3 is 12.0 Å². The van der Waals surface area contributed by atoms with E-state index in [1.165, 1.54) is 18.2 Å². The summed E-state index contributed by atoms with van der Waals surface area (Å²) < 4.78 is 55.5. The van der Waals surface area contributed by atoms with Crippen LogP contribution in [0.3, 0.4) is 0 Å². The van der Waals surface area contributed by atoms with E-state index < -0.39 is 17.9 Å². The van der Waals surface area contributed by atoms with Crippen LogP contribution in [0, 0.1) is 0 Å². The van der Waals surface area contributed by atoms with Crippen molar-refractivity contribution in [3.8, 4) is 0 Å². The summed E-state index contributed by atoms with van der Waals surface area (Å²) in [4.78, 5) is 11.6. The summed E-state index contributed by atoms with van der Waals surface area (Å²) in [6, 6.07) is 14.8. The number of nitrogens with one attached hydrogen (secondary N) is 2. The molecule has 2 aromatic carbocycles. The number of para-hydroxylation sites is 1. The fourth-order valence-corrected chi connectivity index (χ4v) is 1.91. The van der Waals surface area contributed by atoms with Crippen LogP contribution in [0.25, 0.3) is 0 Å². The monoisotopic (exact) mass is 342 g/mol. The average molecular weight is 342 g/mol. The van der Waals surface area contributed by atoms with Crippen LogP contribution in [-0.2, 0) is 9.53 Å². The molecule has 0 aromatic heterocycles. The molecule has 0 radical (unpaired) electrons. The Hall–Kier alpha value is -2.61. The van der Waals surface area contributed by atoms with E-state index in [1.54, 1.807) is 30.3 Å². The van der Waals surface area contributed by atoms with Crippen molar-refractivity contribution in [1.29, 1.82) is 0 Å². The molecule has 1 atom stereocenters. The van der Waals surface area contributed by atoms with Crippen molar-refractivity contribution >= 4 is 23.0 Å². The normalized spacial score (nSPS) is 13.9. The Morgan fingerprint density at radius 2 is 1.50 bits per heavy atom. The molecule has 0 saturated carbocycles. The number of carbonyl (C=O) groups excluding carboxylic acids is 1. The van der Waals surface area contributed by atoms with E-state index in [9.17, 15) is 22.4 Å². The molecule has 0 spiro atoms. The molecular weight excluding hydrogens is 328 g/mol. The Kier molecular flexibility index (Phi) is 5.08. The smallest absolute Gasteiger partial charge is 0.355 e. The molecule has 0 saturated heterocycles.